The van der Waals surface area contributed by atoms with Crippen LogP contribution in [-0.2, 0) is 18.3 Å². The van der Waals surface area contributed by atoms with Crippen LogP contribution in [0.15, 0.2) is 12.1 Å². The highest BCUT2D eigenvalue weighted by Crippen LogP contribution is 2.22. The van der Waals surface area contributed by atoms with Gasteiger partial charge in [-0.15, -0.1) is 24.8 Å². The van der Waals surface area contributed by atoms with E-state index in [2.05, 4.69) is 38.2 Å². The summed E-state index contributed by atoms with van der Waals surface area (Å²) in [5.74, 6) is 0. The smallest absolute Gasteiger partial charge is 0.0460 e. The van der Waals surface area contributed by atoms with E-state index in [0.29, 0.717) is 0 Å². The maximum Gasteiger partial charge on any atom is 0.0460 e. The Morgan fingerprint density at radius 1 is 1.06 bits per heavy atom. The molecule has 0 radical (unpaired) electrons. The summed E-state index contributed by atoms with van der Waals surface area (Å²) in [5.41, 5.74) is 4.10. The minimum absolute atomic E-state index is 0. The van der Waals surface area contributed by atoms with Gasteiger partial charge in [0.05, 0.1) is 0 Å². The van der Waals surface area contributed by atoms with Crippen molar-refractivity contribution in [1.29, 1.82) is 0 Å². The molecule has 0 unspecified atom stereocenters. The Balaban J connectivity index is 0.00000128. The highest BCUT2D eigenvalue weighted by molar-refractivity contribution is 5.85. The fourth-order valence-electron chi connectivity index (χ4n) is 1.95. The molecule has 0 aliphatic carbocycles. The first-order valence-electron chi connectivity index (χ1n) is 5.77. The summed E-state index contributed by atoms with van der Waals surface area (Å²) in [6.45, 7) is 8.81. The second-order valence-electron chi connectivity index (χ2n) is 5.30. The molecule has 1 aromatic heterocycles. The number of nitrogens with zero attached hydrogens (tertiary/aromatic N) is 1. The van der Waals surface area contributed by atoms with Crippen molar-refractivity contribution >= 4 is 24.8 Å². The summed E-state index contributed by atoms with van der Waals surface area (Å²) in [7, 11) is 0. The Hall–Kier alpha value is -0.310. The second-order valence-corrected chi connectivity index (χ2v) is 5.30. The quantitative estimate of drug-likeness (QED) is 0.788. The second kappa shape index (κ2) is 6.58. The average molecular weight is 277 g/mol. The monoisotopic (exact) mass is 276 g/mol. The topological polar surface area (TPSA) is 24.9 Å². The Morgan fingerprint density at radius 2 is 1.71 bits per heavy atom. The summed E-state index contributed by atoms with van der Waals surface area (Å²) in [6.07, 6.45) is 2.19. The number of halogens is 2. The maximum atomic E-state index is 4.80. The molecule has 4 heteroatoms. The number of fused-ring (bicyclic) bond motifs is 1. The fraction of sp³-hybridized carbons (Fsp3) is 0.615. The minimum Gasteiger partial charge on any atom is -0.316 e. The third-order valence-corrected chi connectivity index (χ3v) is 2.95. The summed E-state index contributed by atoms with van der Waals surface area (Å²) in [5, 5.41) is 3.41. The summed E-state index contributed by atoms with van der Waals surface area (Å²) in [6, 6.07) is 4.44. The lowest BCUT2D eigenvalue weighted by molar-refractivity contribution is 0.564. The predicted octanol–water partition coefficient (Wildman–Crippen LogP) is 2.91. The number of hydrogen-bond acceptors (Lipinski definition) is 2. The van der Waals surface area contributed by atoms with Crippen LogP contribution < -0.4 is 5.32 Å². The zero-order valence-corrected chi connectivity index (χ0v) is 12.4. The molecule has 1 aliphatic heterocycles. The van der Waals surface area contributed by atoms with Crippen LogP contribution in [0.3, 0.4) is 0 Å². The Bertz CT molecular complexity index is 359. The van der Waals surface area contributed by atoms with E-state index in [-0.39, 0.29) is 30.2 Å². The van der Waals surface area contributed by atoms with E-state index in [4.69, 9.17) is 4.98 Å². The van der Waals surface area contributed by atoms with Gasteiger partial charge < -0.3 is 5.32 Å². The van der Waals surface area contributed by atoms with E-state index in [1.165, 1.54) is 17.0 Å². The van der Waals surface area contributed by atoms with Gasteiger partial charge >= 0.3 is 0 Å². The van der Waals surface area contributed by atoms with Gasteiger partial charge in [-0.3, -0.25) is 4.98 Å². The lowest BCUT2D eigenvalue weighted by Crippen LogP contribution is -2.16. The van der Waals surface area contributed by atoms with E-state index < -0.39 is 0 Å². The molecule has 0 saturated carbocycles. The van der Waals surface area contributed by atoms with Gasteiger partial charge in [-0.2, -0.15) is 0 Å². The summed E-state index contributed by atoms with van der Waals surface area (Å²) in [4.78, 5) is 4.80. The van der Waals surface area contributed by atoms with Crippen LogP contribution in [0.2, 0.25) is 0 Å². The third kappa shape index (κ3) is 4.13. The van der Waals surface area contributed by atoms with E-state index in [0.717, 1.165) is 25.9 Å². The summed E-state index contributed by atoms with van der Waals surface area (Å²) >= 11 is 0. The number of nitrogens with one attached hydrogen (secondary N) is 1. The molecule has 0 aromatic carbocycles. The third-order valence-electron chi connectivity index (χ3n) is 2.95. The average Bonchev–Trinajstić information content (AvgIpc) is 2.39. The Kier molecular flexibility index (Phi) is 6.46. The first-order valence-corrected chi connectivity index (χ1v) is 5.77. The lowest BCUT2D eigenvalue weighted by Gasteiger charge is -2.19. The molecule has 0 bridgehead atoms. The van der Waals surface area contributed by atoms with Gasteiger partial charge in [0.1, 0.15) is 0 Å². The molecule has 2 nitrogen and oxygen atoms in total. The molecular weight excluding hydrogens is 255 g/mol. The molecule has 1 N–H and O–H groups in total. The van der Waals surface area contributed by atoms with Crippen molar-refractivity contribution in [2.75, 3.05) is 13.1 Å². The van der Waals surface area contributed by atoms with E-state index in [1.54, 1.807) is 0 Å². The molecule has 1 aliphatic rings. The van der Waals surface area contributed by atoms with Crippen molar-refractivity contribution in [3.05, 3.63) is 29.1 Å². The van der Waals surface area contributed by atoms with Gasteiger partial charge in [0.2, 0.25) is 0 Å². The Labute approximate surface area is 116 Å². The molecule has 2 rings (SSSR count). The van der Waals surface area contributed by atoms with Gasteiger partial charge in [0.15, 0.2) is 0 Å². The molecular formula is C13H22Cl2N2. The van der Waals surface area contributed by atoms with Crippen LogP contribution >= 0.6 is 24.8 Å². The molecule has 0 saturated heterocycles. The summed E-state index contributed by atoms with van der Waals surface area (Å²) < 4.78 is 0. The molecule has 0 atom stereocenters. The highest BCUT2D eigenvalue weighted by Gasteiger charge is 2.17. The number of pyridine rings is 1. The van der Waals surface area contributed by atoms with Gasteiger partial charge in [0.25, 0.3) is 0 Å². The van der Waals surface area contributed by atoms with Gasteiger partial charge in [-0.05, 0) is 24.6 Å². The standard InChI is InChI=1S/C13H20N2.2ClH/c1-13(2,3)12-5-4-10-6-8-14-9-7-11(10)15-12;;/h4-5,14H,6-9H2,1-3H3;2*1H. The molecule has 98 valence electrons. The van der Waals surface area contributed by atoms with Crippen LogP contribution in [0.25, 0.3) is 0 Å². The van der Waals surface area contributed by atoms with Gasteiger partial charge in [-0.1, -0.05) is 26.8 Å². The van der Waals surface area contributed by atoms with E-state index >= 15 is 0 Å². The fourth-order valence-corrected chi connectivity index (χ4v) is 1.95. The maximum absolute atomic E-state index is 4.80. The minimum atomic E-state index is 0. The van der Waals surface area contributed by atoms with Crippen LogP contribution in [0, 0.1) is 0 Å². The lowest BCUT2D eigenvalue weighted by atomic mass is 9.90. The highest BCUT2D eigenvalue weighted by atomic mass is 35.5. The van der Waals surface area contributed by atoms with Crippen LogP contribution in [-0.4, -0.2) is 18.1 Å². The van der Waals surface area contributed by atoms with Crippen LogP contribution in [0.1, 0.15) is 37.7 Å². The molecule has 0 amide bonds. The normalized spacial score (nSPS) is 15.0. The zero-order chi connectivity index (χ0) is 10.9. The van der Waals surface area contributed by atoms with Crippen LogP contribution in [0.5, 0.6) is 0 Å². The largest absolute Gasteiger partial charge is 0.316 e. The van der Waals surface area contributed by atoms with Crippen molar-refractivity contribution in [2.45, 2.75) is 39.0 Å². The number of rotatable bonds is 0. The molecule has 17 heavy (non-hydrogen) atoms. The molecule has 0 spiro atoms. The van der Waals surface area contributed by atoms with E-state index in [9.17, 15) is 0 Å². The van der Waals surface area contributed by atoms with Crippen molar-refractivity contribution in [1.82, 2.24) is 10.3 Å². The molecule has 1 aromatic rings. The van der Waals surface area contributed by atoms with Gasteiger partial charge in [-0.25, -0.2) is 0 Å². The Morgan fingerprint density at radius 3 is 2.35 bits per heavy atom. The van der Waals surface area contributed by atoms with Crippen molar-refractivity contribution in [2.24, 2.45) is 0 Å². The van der Waals surface area contributed by atoms with Crippen molar-refractivity contribution in [3.63, 3.8) is 0 Å². The van der Waals surface area contributed by atoms with Crippen LogP contribution in [0.4, 0.5) is 0 Å². The SMILES string of the molecule is CC(C)(C)c1ccc2c(n1)CCNCC2.Cl.Cl. The zero-order valence-electron chi connectivity index (χ0n) is 10.7. The first-order chi connectivity index (χ1) is 7.07. The number of hydrogen-bond donors (Lipinski definition) is 1. The van der Waals surface area contributed by atoms with E-state index in [1.807, 2.05) is 0 Å². The number of aromatic nitrogens is 1. The van der Waals surface area contributed by atoms with Crippen molar-refractivity contribution in [3.8, 4) is 0 Å². The first kappa shape index (κ1) is 16.7. The molecule has 2 heterocycles. The van der Waals surface area contributed by atoms with Crippen molar-refractivity contribution < 1.29 is 0 Å². The predicted molar refractivity (Wildman–Crippen MR) is 77.7 cm³/mol. The van der Waals surface area contributed by atoms with Gasteiger partial charge in [0, 0.05) is 29.8 Å². The molecule has 0 fully saturated rings.